The minimum Gasteiger partial charge on any atom is -0.356 e. The third-order valence-corrected chi connectivity index (χ3v) is 2.90. The Kier molecular flexibility index (Phi) is 4.13. The largest absolute Gasteiger partial charge is 0.356 e. The molecule has 0 bridgehead atoms. The van der Waals surface area contributed by atoms with Gasteiger partial charge >= 0.3 is 0 Å². The number of ether oxygens (including phenoxy) is 2. The smallest absolute Gasteiger partial charge is 0.157 e. The number of hydrogen-bond donors (Lipinski definition) is 0. The van der Waals surface area contributed by atoms with Crippen molar-refractivity contribution in [3.05, 3.63) is 48.0 Å². The summed E-state index contributed by atoms with van der Waals surface area (Å²) in [5.74, 6) is 0. The number of benzene rings is 2. The molecule has 1 unspecified atom stereocenters. The highest BCUT2D eigenvalue weighted by Crippen LogP contribution is 2.19. The molecule has 0 fully saturated rings. The average molecular weight is 230 g/mol. The SMILES string of the molecule is CCC(OC)OCc1cccc2ccccc12. The van der Waals surface area contributed by atoms with Crippen LogP contribution in [-0.2, 0) is 16.1 Å². The van der Waals surface area contributed by atoms with E-state index in [-0.39, 0.29) is 6.29 Å². The molecule has 17 heavy (non-hydrogen) atoms. The number of hydrogen-bond acceptors (Lipinski definition) is 2. The summed E-state index contributed by atoms with van der Waals surface area (Å²) < 4.78 is 10.9. The molecule has 90 valence electrons. The predicted molar refractivity (Wildman–Crippen MR) is 69.8 cm³/mol. The summed E-state index contributed by atoms with van der Waals surface area (Å²) in [5.41, 5.74) is 1.21. The van der Waals surface area contributed by atoms with Gasteiger partial charge in [-0.25, -0.2) is 0 Å². The number of fused-ring (bicyclic) bond motifs is 1. The summed E-state index contributed by atoms with van der Waals surface area (Å²) in [5, 5.41) is 2.50. The van der Waals surface area contributed by atoms with Crippen LogP contribution in [0.15, 0.2) is 42.5 Å². The molecule has 2 rings (SSSR count). The summed E-state index contributed by atoms with van der Waals surface area (Å²) >= 11 is 0. The minimum absolute atomic E-state index is 0.117. The maximum absolute atomic E-state index is 5.71. The van der Waals surface area contributed by atoms with Gasteiger partial charge in [-0.1, -0.05) is 49.4 Å². The van der Waals surface area contributed by atoms with Crippen molar-refractivity contribution in [1.29, 1.82) is 0 Å². The Labute approximate surface area is 102 Å². The topological polar surface area (TPSA) is 18.5 Å². The van der Waals surface area contributed by atoms with Crippen molar-refractivity contribution in [3.63, 3.8) is 0 Å². The third kappa shape index (κ3) is 2.84. The Morgan fingerprint density at radius 3 is 2.59 bits per heavy atom. The summed E-state index contributed by atoms with van der Waals surface area (Å²) in [7, 11) is 1.68. The van der Waals surface area contributed by atoms with Gasteiger partial charge in [0.1, 0.15) is 0 Å². The molecule has 2 aromatic carbocycles. The van der Waals surface area contributed by atoms with Gasteiger partial charge in [0.05, 0.1) is 6.61 Å². The Hall–Kier alpha value is -1.38. The zero-order valence-electron chi connectivity index (χ0n) is 10.3. The molecule has 0 heterocycles. The van der Waals surface area contributed by atoms with Crippen LogP contribution in [0.25, 0.3) is 10.8 Å². The molecular formula is C15H18O2. The van der Waals surface area contributed by atoms with E-state index in [4.69, 9.17) is 9.47 Å². The maximum Gasteiger partial charge on any atom is 0.157 e. The summed E-state index contributed by atoms with van der Waals surface area (Å²) in [6, 6.07) is 14.6. The lowest BCUT2D eigenvalue weighted by atomic mass is 10.1. The van der Waals surface area contributed by atoms with Crippen LogP contribution in [0.3, 0.4) is 0 Å². The van der Waals surface area contributed by atoms with Crippen molar-refractivity contribution in [1.82, 2.24) is 0 Å². The van der Waals surface area contributed by atoms with E-state index in [1.807, 2.05) is 0 Å². The molecule has 0 saturated heterocycles. The van der Waals surface area contributed by atoms with Crippen LogP contribution < -0.4 is 0 Å². The number of methoxy groups -OCH3 is 1. The summed E-state index contributed by atoms with van der Waals surface area (Å²) in [6.07, 6.45) is 0.746. The van der Waals surface area contributed by atoms with E-state index in [2.05, 4.69) is 49.4 Å². The van der Waals surface area contributed by atoms with E-state index in [0.29, 0.717) is 6.61 Å². The van der Waals surface area contributed by atoms with Gasteiger partial charge in [-0.15, -0.1) is 0 Å². The lowest BCUT2D eigenvalue weighted by molar-refractivity contribution is -0.132. The van der Waals surface area contributed by atoms with Crippen LogP contribution in [0.4, 0.5) is 0 Å². The molecule has 2 heteroatoms. The first-order valence-electron chi connectivity index (χ1n) is 5.96. The van der Waals surface area contributed by atoms with Crippen molar-refractivity contribution in [2.45, 2.75) is 26.2 Å². The highest BCUT2D eigenvalue weighted by Gasteiger charge is 2.06. The quantitative estimate of drug-likeness (QED) is 0.728. The maximum atomic E-state index is 5.71. The zero-order chi connectivity index (χ0) is 12.1. The van der Waals surface area contributed by atoms with Gasteiger partial charge < -0.3 is 9.47 Å². The second-order valence-corrected chi connectivity index (χ2v) is 4.02. The summed E-state index contributed by atoms with van der Waals surface area (Å²) in [4.78, 5) is 0. The molecule has 0 aliphatic carbocycles. The van der Waals surface area contributed by atoms with Gasteiger partial charge in [-0.3, -0.25) is 0 Å². The molecule has 0 aromatic heterocycles. The van der Waals surface area contributed by atoms with Gasteiger partial charge in [0, 0.05) is 7.11 Å². The Morgan fingerprint density at radius 2 is 1.82 bits per heavy atom. The van der Waals surface area contributed by atoms with Crippen molar-refractivity contribution in [2.24, 2.45) is 0 Å². The molecule has 1 atom stereocenters. The summed E-state index contributed by atoms with van der Waals surface area (Å²) in [6.45, 7) is 2.64. The van der Waals surface area contributed by atoms with E-state index in [1.54, 1.807) is 7.11 Å². The molecule has 2 nitrogen and oxygen atoms in total. The van der Waals surface area contributed by atoms with Crippen LogP contribution >= 0.6 is 0 Å². The van der Waals surface area contributed by atoms with E-state index in [1.165, 1.54) is 16.3 Å². The first kappa shape index (κ1) is 12.1. The highest BCUT2D eigenvalue weighted by atomic mass is 16.7. The molecule has 0 aliphatic heterocycles. The fourth-order valence-corrected chi connectivity index (χ4v) is 1.95. The monoisotopic (exact) mass is 230 g/mol. The van der Waals surface area contributed by atoms with Crippen LogP contribution in [-0.4, -0.2) is 13.4 Å². The average Bonchev–Trinajstić information content (AvgIpc) is 2.40. The zero-order valence-corrected chi connectivity index (χ0v) is 10.3. The first-order valence-corrected chi connectivity index (χ1v) is 5.96. The predicted octanol–water partition coefficient (Wildman–Crippen LogP) is 3.74. The van der Waals surface area contributed by atoms with E-state index in [9.17, 15) is 0 Å². The van der Waals surface area contributed by atoms with Crippen molar-refractivity contribution in [3.8, 4) is 0 Å². The Morgan fingerprint density at radius 1 is 1.06 bits per heavy atom. The van der Waals surface area contributed by atoms with Crippen LogP contribution in [0.2, 0.25) is 0 Å². The second-order valence-electron chi connectivity index (χ2n) is 4.02. The van der Waals surface area contributed by atoms with E-state index >= 15 is 0 Å². The standard InChI is InChI=1S/C15H18O2/c1-3-15(16-2)17-11-13-9-6-8-12-7-4-5-10-14(12)13/h4-10,15H,3,11H2,1-2H3. The van der Waals surface area contributed by atoms with Crippen LogP contribution in [0.1, 0.15) is 18.9 Å². The molecule has 0 saturated carbocycles. The normalized spacial score (nSPS) is 12.8. The van der Waals surface area contributed by atoms with Gasteiger partial charge in [0.25, 0.3) is 0 Å². The molecular weight excluding hydrogens is 212 g/mol. The lowest BCUT2D eigenvalue weighted by Crippen LogP contribution is -2.13. The third-order valence-electron chi connectivity index (χ3n) is 2.90. The molecule has 0 amide bonds. The molecule has 2 aromatic rings. The fourth-order valence-electron chi connectivity index (χ4n) is 1.95. The fraction of sp³-hybridized carbons (Fsp3) is 0.333. The van der Waals surface area contributed by atoms with E-state index < -0.39 is 0 Å². The van der Waals surface area contributed by atoms with Gasteiger partial charge in [-0.05, 0) is 22.8 Å². The van der Waals surface area contributed by atoms with Crippen LogP contribution in [0.5, 0.6) is 0 Å². The van der Waals surface area contributed by atoms with Crippen LogP contribution in [0, 0.1) is 0 Å². The van der Waals surface area contributed by atoms with Gasteiger partial charge in [-0.2, -0.15) is 0 Å². The Bertz CT molecular complexity index is 470. The molecule has 0 aliphatic rings. The lowest BCUT2D eigenvalue weighted by Gasteiger charge is -2.15. The van der Waals surface area contributed by atoms with Gasteiger partial charge in [0.15, 0.2) is 6.29 Å². The molecule has 0 N–H and O–H groups in total. The molecule has 0 radical (unpaired) electrons. The van der Waals surface area contributed by atoms with Crippen molar-refractivity contribution in [2.75, 3.05) is 7.11 Å². The molecule has 0 spiro atoms. The van der Waals surface area contributed by atoms with E-state index in [0.717, 1.165) is 6.42 Å². The highest BCUT2D eigenvalue weighted by molar-refractivity contribution is 5.85. The Balaban J connectivity index is 2.18. The minimum atomic E-state index is -0.117. The number of rotatable bonds is 5. The van der Waals surface area contributed by atoms with Gasteiger partial charge in [0.2, 0.25) is 0 Å². The first-order chi connectivity index (χ1) is 8.35. The van der Waals surface area contributed by atoms with Crippen molar-refractivity contribution >= 4 is 10.8 Å². The van der Waals surface area contributed by atoms with Crippen molar-refractivity contribution < 1.29 is 9.47 Å². The second kappa shape index (κ2) is 5.80.